The van der Waals surface area contributed by atoms with Crippen molar-refractivity contribution in [3.05, 3.63) is 29.8 Å². The number of benzene rings is 1. The molecule has 108 valence electrons. The van der Waals surface area contributed by atoms with E-state index in [2.05, 4.69) is 23.4 Å². The number of hydrogen-bond donors (Lipinski definition) is 0. The average Bonchev–Trinajstić information content (AvgIpc) is 2.88. The fourth-order valence-corrected chi connectivity index (χ4v) is 3.63. The fourth-order valence-electron chi connectivity index (χ4n) is 3.48. The van der Waals surface area contributed by atoms with Crippen LogP contribution in [0, 0.1) is 11.2 Å². The third-order valence-corrected chi connectivity index (χ3v) is 4.74. The zero-order valence-corrected chi connectivity index (χ0v) is 12.9. The van der Waals surface area contributed by atoms with Crippen molar-refractivity contribution in [1.29, 1.82) is 0 Å². The number of rotatable bonds is 2. The van der Waals surface area contributed by atoms with E-state index in [4.69, 9.17) is 11.6 Å². The summed E-state index contributed by atoms with van der Waals surface area (Å²) in [5.74, 6) is 0.635. The predicted octanol–water partition coefficient (Wildman–Crippen LogP) is 5.23. The molecule has 0 bridgehead atoms. The Bertz CT molecular complexity index is 645. The minimum Gasteiger partial charge on any atom is -0.323 e. The van der Waals surface area contributed by atoms with E-state index in [-0.39, 0.29) is 16.6 Å². The Hall–Kier alpha value is -1.09. The van der Waals surface area contributed by atoms with E-state index in [0.717, 1.165) is 23.3 Å². The first-order valence-corrected chi connectivity index (χ1v) is 7.65. The van der Waals surface area contributed by atoms with Crippen LogP contribution in [-0.2, 0) is 0 Å². The summed E-state index contributed by atoms with van der Waals surface area (Å²) in [4.78, 5) is 4.63. The van der Waals surface area contributed by atoms with Crippen molar-refractivity contribution in [2.75, 3.05) is 0 Å². The van der Waals surface area contributed by atoms with Gasteiger partial charge in [0.15, 0.2) is 0 Å². The summed E-state index contributed by atoms with van der Waals surface area (Å²) in [6, 6.07) is 5.12. The van der Waals surface area contributed by atoms with Gasteiger partial charge in [0.05, 0.1) is 16.4 Å². The number of halogens is 2. The van der Waals surface area contributed by atoms with Gasteiger partial charge in [0, 0.05) is 6.04 Å². The van der Waals surface area contributed by atoms with E-state index in [1.165, 1.54) is 18.9 Å². The topological polar surface area (TPSA) is 17.8 Å². The first kappa shape index (κ1) is 13.9. The van der Waals surface area contributed by atoms with Crippen LogP contribution in [0.2, 0.25) is 0 Å². The van der Waals surface area contributed by atoms with E-state index in [0.29, 0.717) is 6.04 Å². The number of hydrogen-bond acceptors (Lipinski definition) is 1. The molecule has 1 aliphatic rings. The first-order valence-electron chi connectivity index (χ1n) is 7.21. The Kier molecular flexibility index (Phi) is 3.28. The number of imidazole rings is 1. The summed E-state index contributed by atoms with van der Waals surface area (Å²) in [6.45, 7) is 6.48. The zero-order chi connectivity index (χ0) is 14.5. The van der Waals surface area contributed by atoms with Crippen molar-refractivity contribution in [2.45, 2.75) is 51.5 Å². The lowest BCUT2D eigenvalue weighted by Crippen LogP contribution is -2.23. The molecular weight excluding hydrogens is 275 g/mol. The molecule has 1 aromatic carbocycles. The van der Waals surface area contributed by atoms with E-state index < -0.39 is 0 Å². The predicted molar refractivity (Wildman–Crippen MR) is 80.6 cm³/mol. The van der Waals surface area contributed by atoms with Gasteiger partial charge < -0.3 is 4.57 Å². The summed E-state index contributed by atoms with van der Waals surface area (Å²) in [7, 11) is 0. The number of alkyl halides is 1. The number of fused-ring (bicyclic) bond motifs is 1. The minimum absolute atomic E-state index is 0.179. The van der Waals surface area contributed by atoms with Gasteiger partial charge in [-0.3, -0.25) is 0 Å². The molecule has 1 fully saturated rings. The Labute approximate surface area is 123 Å². The van der Waals surface area contributed by atoms with Gasteiger partial charge in [0.25, 0.3) is 0 Å². The maximum absolute atomic E-state index is 13.6. The molecule has 1 aliphatic carbocycles. The molecule has 1 aromatic heterocycles. The Morgan fingerprint density at radius 2 is 2.20 bits per heavy atom. The molecule has 1 heterocycles. The first-order chi connectivity index (χ1) is 9.40. The summed E-state index contributed by atoms with van der Waals surface area (Å²) < 4.78 is 15.8. The molecule has 3 rings (SSSR count). The highest BCUT2D eigenvalue weighted by molar-refractivity contribution is 6.20. The van der Waals surface area contributed by atoms with E-state index in [1.54, 1.807) is 12.1 Å². The quantitative estimate of drug-likeness (QED) is 0.694. The van der Waals surface area contributed by atoms with Crippen LogP contribution in [0.5, 0.6) is 0 Å². The second kappa shape index (κ2) is 4.73. The van der Waals surface area contributed by atoms with Crippen LogP contribution < -0.4 is 0 Å². The van der Waals surface area contributed by atoms with Gasteiger partial charge in [-0.2, -0.15) is 0 Å². The molecule has 0 amide bonds. The molecule has 2 atom stereocenters. The highest BCUT2D eigenvalue weighted by Crippen LogP contribution is 2.48. The monoisotopic (exact) mass is 294 g/mol. The Morgan fingerprint density at radius 3 is 2.80 bits per heavy atom. The molecule has 0 N–H and O–H groups in total. The molecule has 0 spiro atoms. The average molecular weight is 295 g/mol. The van der Waals surface area contributed by atoms with E-state index in [1.807, 2.05) is 6.92 Å². The lowest BCUT2D eigenvalue weighted by Gasteiger charge is -2.30. The molecule has 0 saturated heterocycles. The van der Waals surface area contributed by atoms with E-state index >= 15 is 0 Å². The van der Waals surface area contributed by atoms with Crippen molar-refractivity contribution in [1.82, 2.24) is 9.55 Å². The van der Waals surface area contributed by atoms with Gasteiger partial charge in [0.1, 0.15) is 11.6 Å². The SMILES string of the molecule is CC(Cl)c1nc2ccc(F)cc2n1C1CCCC1(C)C. The van der Waals surface area contributed by atoms with Crippen LogP contribution >= 0.6 is 11.6 Å². The van der Waals surface area contributed by atoms with E-state index in [9.17, 15) is 4.39 Å². The van der Waals surface area contributed by atoms with Gasteiger partial charge in [-0.15, -0.1) is 11.6 Å². The summed E-state index contributed by atoms with van der Waals surface area (Å²) in [6.07, 6.45) is 3.48. The van der Waals surface area contributed by atoms with Crippen molar-refractivity contribution >= 4 is 22.6 Å². The van der Waals surface area contributed by atoms with Crippen molar-refractivity contribution in [2.24, 2.45) is 5.41 Å². The highest BCUT2D eigenvalue weighted by Gasteiger charge is 2.38. The number of aromatic nitrogens is 2. The smallest absolute Gasteiger partial charge is 0.127 e. The molecule has 2 nitrogen and oxygen atoms in total. The fraction of sp³-hybridized carbons (Fsp3) is 0.562. The summed E-state index contributed by atoms with van der Waals surface area (Å²) in [5.41, 5.74) is 1.89. The van der Waals surface area contributed by atoms with Crippen molar-refractivity contribution < 1.29 is 4.39 Å². The van der Waals surface area contributed by atoms with Crippen LogP contribution in [0.15, 0.2) is 18.2 Å². The van der Waals surface area contributed by atoms with Gasteiger partial charge in [-0.05, 0) is 43.4 Å². The largest absolute Gasteiger partial charge is 0.323 e. The lowest BCUT2D eigenvalue weighted by atomic mass is 9.87. The molecular formula is C16H20ClFN2. The van der Waals surface area contributed by atoms with Crippen molar-refractivity contribution in [3.63, 3.8) is 0 Å². The lowest BCUT2D eigenvalue weighted by molar-refractivity contribution is 0.260. The third kappa shape index (κ3) is 2.12. The molecule has 20 heavy (non-hydrogen) atoms. The van der Waals surface area contributed by atoms with Crippen LogP contribution in [0.1, 0.15) is 57.3 Å². The Morgan fingerprint density at radius 1 is 1.45 bits per heavy atom. The molecule has 0 aliphatic heterocycles. The Balaban J connectivity index is 2.26. The van der Waals surface area contributed by atoms with Crippen LogP contribution in [0.3, 0.4) is 0 Å². The van der Waals surface area contributed by atoms with Gasteiger partial charge >= 0.3 is 0 Å². The van der Waals surface area contributed by atoms with Crippen molar-refractivity contribution in [3.8, 4) is 0 Å². The maximum atomic E-state index is 13.6. The highest BCUT2D eigenvalue weighted by atomic mass is 35.5. The molecule has 1 saturated carbocycles. The van der Waals surface area contributed by atoms with Crippen LogP contribution in [0.25, 0.3) is 11.0 Å². The van der Waals surface area contributed by atoms with Crippen LogP contribution in [0.4, 0.5) is 4.39 Å². The van der Waals surface area contributed by atoms with Gasteiger partial charge in [-0.25, -0.2) is 9.37 Å². The normalized spacial score (nSPS) is 23.4. The van der Waals surface area contributed by atoms with Crippen LogP contribution in [-0.4, -0.2) is 9.55 Å². The van der Waals surface area contributed by atoms with Gasteiger partial charge in [-0.1, -0.05) is 20.3 Å². The molecule has 2 aromatic rings. The zero-order valence-electron chi connectivity index (χ0n) is 12.2. The second-order valence-corrected chi connectivity index (χ2v) is 7.14. The third-order valence-electron chi connectivity index (χ3n) is 4.55. The minimum atomic E-state index is -0.219. The molecule has 2 unspecified atom stereocenters. The van der Waals surface area contributed by atoms with Gasteiger partial charge in [0.2, 0.25) is 0 Å². The standard InChI is InChI=1S/C16H20ClFN2/c1-10(17)15-19-12-7-6-11(18)9-13(12)20(15)14-5-4-8-16(14,2)3/h6-7,9-10,14H,4-5,8H2,1-3H3. The summed E-state index contributed by atoms with van der Waals surface area (Å²) >= 11 is 6.31. The maximum Gasteiger partial charge on any atom is 0.127 e. The molecule has 0 radical (unpaired) electrons. The molecule has 4 heteroatoms. The summed E-state index contributed by atoms with van der Waals surface area (Å²) in [5, 5.41) is -0.179. The number of nitrogens with zero attached hydrogens (tertiary/aromatic N) is 2. The second-order valence-electron chi connectivity index (χ2n) is 6.49.